The van der Waals surface area contributed by atoms with E-state index in [1.54, 1.807) is 0 Å². The maximum absolute atomic E-state index is 7.10. The van der Waals surface area contributed by atoms with E-state index in [2.05, 4.69) is 221 Å². The summed E-state index contributed by atoms with van der Waals surface area (Å²) in [6.07, 6.45) is 0. The summed E-state index contributed by atoms with van der Waals surface area (Å²) in [5.41, 5.74) is 17.8. The summed E-state index contributed by atoms with van der Waals surface area (Å²) in [5, 5.41) is 9.45. The van der Waals surface area contributed by atoms with Gasteiger partial charge in [-0.25, -0.2) is 0 Å². The van der Waals surface area contributed by atoms with Crippen LogP contribution in [0.25, 0.3) is 87.6 Å². The highest BCUT2D eigenvalue weighted by atomic mass is 16.3. The molecule has 0 spiro atoms. The zero-order valence-corrected chi connectivity index (χ0v) is 35.3. The summed E-state index contributed by atoms with van der Waals surface area (Å²) in [6, 6.07) is 70.0. The Labute approximate surface area is 361 Å². The van der Waals surface area contributed by atoms with Crippen molar-refractivity contribution in [3.05, 3.63) is 210 Å². The van der Waals surface area contributed by atoms with Crippen molar-refractivity contribution in [1.29, 1.82) is 0 Å². The highest BCUT2D eigenvalue weighted by Gasteiger charge is 2.38. The molecule has 2 heteroatoms. The predicted octanol–water partition coefficient (Wildman–Crippen LogP) is 16.8. The van der Waals surface area contributed by atoms with E-state index in [1.165, 1.54) is 71.4 Å². The second-order valence-corrected chi connectivity index (χ2v) is 18.5. The summed E-state index contributed by atoms with van der Waals surface area (Å²) in [7, 11) is 0. The fraction of sp³-hybridized carbons (Fsp3) is 0.100. The highest BCUT2D eigenvalue weighted by molar-refractivity contribution is 6.30. The minimum atomic E-state index is -0.166. The Balaban J connectivity index is 1.15. The molecular formula is C60H43NO. The molecule has 10 aromatic carbocycles. The van der Waals surface area contributed by atoms with E-state index in [1.807, 2.05) is 0 Å². The van der Waals surface area contributed by atoms with E-state index in [4.69, 9.17) is 4.42 Å². The lowest BCUT2D eigenvalue weighted by atomic mass is 9.82. The number of fused-ring (bicyclic) bond motifs is 15. The highest BCUT2D eigenvalue weighted by Crippen LogP contribution is 2.55. The maximum atomic E-state index is 7.10. The zero-order chi connectivity index (χ0) is 41.5. The first-order chi connectivity index (χ1) is 30.3. The van der Waals surface area contributed by atoms with Gasteiger partial charge < -0.3 is 9.32 Å². The molecule has 0 bridgehead atoms. The molecule has 11 aromatic rings. The molecule has 0 N–H and O–H groups in total. The summed E-state index contributed by atoms with van der Waals surface area (Å²) < 4.78 is 7.10. The van der Waals surface area contributed by atoms with E-state index in [9.17, 15) is 0 Å². The normalized spacial score (nSPS) is 14.4. The molecule has 1 aromatic heterocycles. The largest absolute Gasteiger partial charge is 0.455 e. The first-order valence-corrected chi connectivity index (χ1v) is 21.8. The molecule has 2 nitrogen and oxygen atoms in total. The molecule has 0 atom stereocenters. The zero-order valence-electron chi connectivity index (χ0n) is 35.3. The van der Waals surface area contributed by atoms with Crippen LogP contribution in [0.2, 0.25) is 0 Å². The number of hydrogen-bond donors (Lipinski definition) is 0. The Bertz CT molecular complexity index is 3600. The van der Waals surface area contributed by atoms with Crippen LogP contribution in [0.15, 0.2) is 192 Å². The lowest BCUT2D eigenvalue weighted by Gasteiger charge is -2.31. The summed E-state index contributed by atoms with van der Waals surface area (Å²) in [5.74, 6) is 0. The number of anilines is 3. The van der Waals surface area contributed by atoms with Gasteiger partial charge in [0.15, 0.2) is 0 Å². The van der Waals surface area contributed by atoms with Gasteiger partial charge in [0.25, 0.3) is 0 Å². The van der Waals surface area contributed by atoms with Crippen molar-refractivity contribution < 1.29 is 4.42 Å². The molecule has 0 saturated carbocycles. The standard InChI is InChI=1S/C60H43NO/c1-59(2)51-23-13-11-19-43(51)45-29-27-39(32-53(45)59)61(40-28-30-46-44-20-12-14-24-52(44)60(3,4)54(46)33-40)55-34-50-56(35-49(55)38-26-25-36-15-5-6-16-37(36)31-38)62-58-48-22-10-8-18-42(48)41-17-7-9-21-47(41)57(50)58/h5-35H,1-4H3. The monoisotopic (exact) mass is 793 g/mol. The first kappa shape index (κ1) is 35.3. The van der Waals surface area contributed by atoms with Gasteiger partial charge in [0.05, 0.1) is 5.69 Å². The Kier molecular flexibility index (Phi) is 7.16. The molecule has 0 fully saturated rings. The topological polar surface area (TPSA) is 16.4 Å². The molecule has 0 amide bonds. The van der Waals surface area contributed by atoms with Gasteiger partial charge in [0.2, 0.25) is 0 Å². The summed E-state index contributed by atoms with van der Waals surface area (Å²) in [4.78, 5) is 2.53. The Hall–Kier alpha value is -7.42. The lowest BCUT2D eigenvalue weighted by molar-refractivity contribution is 0.660. The number of rotatable bonds is 4. The first-order valence-electron chi connectivity index (χ1n) is 21.8. The molecule has 0 aliphatic heterocycles. The van der Waals surface area contributed by atoms with Crippen molar-refractivity contribution >= 4 is 71.3 Å². The fourth-order valence-electron chi connectivity index (χ4n) is 11.3. The quantitative estimate of drug-likeness (QED) is 0.165. The van der Waals surface area contributed by atoms with Gasteiger partial charge in [0.1, 0.15) is 11.2 Å². The Morgan fingerprint density at radius 2 is 0.887 bits per heavy atom. The van der Waals surface area contributed by atoms with Crippen molar-refractivity contribution in [3.63, 3.8) is 0 Å². The van der Waals surface area contributed by atoms with Gasteiger partial charge in [0, 0.05) is 43.9 Å². The smallest absolute Gasteiger partial charge is 0.143 e. The molecule has 1 heterocycles. The molecule has 2 aliphatic carbocycles. The average molecular weight is 794 g/mol. The van der Waals surface area contributed by atoms with E-state index in [0.717, 1.165) is 55.5 Å². The van der Waals surface area contributed by atoms with Crippen LogP contribution in [0.1, 0.15) is 49.9 Å². The molecule has 0 saturated heterocycles. The minimum absolute atomic E-state index is 0.166. The summed E-state index contributed by atoms with van der Waals surface area (Å²) in [6.45, 7) is 9.50. The third-order valence-corrected chi connectivity index (χ3v) is 14.4. The molecule has 2 aliphatic rings. The average Bonchev–Trinajstić information content (AvgIpc) is 3.88. The van der Waals surface area contributed by atoms with Gasteiger partial charge >= 0.3 is 0 Å². The molecule has 62 heavy (non-hydrogen) atoms. The lowest BCUT2D eigenvalue weighted by Crippen LogP contribution is -2.18. The molecule has 0 radical (unpaired) electrons. The molecule has 0 unspecified atom stereocenters. The molecular weight excluding hydrogens is 751 g/mol. The summed E-state index contributed by atoms with van der Waals surface area (Å²) >= 11 is 0. The van der Waals surface area contributed by atoms with Crippen LogP contribution in [-0.2, 0) is 10.8 Å². The second kappa shape index (κ2) is 12.6. The van der Waals surface area contributed by atoms with E-state index >= 15 is 0 Å². The van der Waals surface area contributed by atoms with E-state index in [0.29, 0.717) is 0 Å². The van der Waals surface area contributed by atoms with Crippen LogP contribution in [0, 0.1) is 0 Å². The predicted molar refractivity (Wildman–Crippen MR) is 261 cm³/mol. The van der Waals surface area contributed by atoms with Crippen LogP contribution in [-0.4, -0.2) is 0 Å². The van der Waals surface area contributed by atoms with Crippen molar-refractivity contribution in [3.8, 4) is 33.4 Å². The van der Waals surface area contributed by atoms with Crippen molar-refractivity contribution in [2.75, 3.05) is 4.90 Å². The van der Waals surface area contributed by atoms with Crippen LogP contribution in [0.3, 0.4) is 0 Å². The molecule has 13 rings (SSSR count). The maximum Gasteiger partial charge on any atom is 0.143 e. The van der Waals surface area contributed by atoms with Crippen molar-refractivity contribution in [2.45, 2.75) is 38.5 Å². The van der Waals surface area contributed by atoms with Crippen LogP contribution in [0.5, 0.6) is 0 Å². The number of benzene rings is 10. The van der Waals surface area contributed by atoms with Crippen LogP contribution < -0.4 is 4.90 Å². The number of hydrogen-bond acceptors (Lipinski definition) is 2. The van der Waals surface area contributed by atoms with Crippen LogP contribution >= 0.6 is 0 Å². The minimum Gasteiger partial charge on any atom is -0.455 e. The van der Waals surface area contributed by atoms with Gasteiger partial charge in [-0.15, -0.1) is 0 Å². The Morgan fingerprint density at radius 3 is 1.53 bits per heavy atom. The van der Waals surface area contributed by atoms with Crippen LogP contribution in [0.4, 0.5) is 17.1 Å². The second-order valence-electron chi connectivity index (χ2n) is 18.5. The van der Waals surface area contributed by atoms with E-state index < -0.39 is 0 Å². The van der Waals surface area contributed by atoms with Gasteiger partial charge in [-0.1, -0.05) is 173 Å². The number of nitrogens with zero attached hydrogens (tertiary/aromatic N) is 1. The van der Waals surface area contributed by atoms with Gasteiger partial charge in [-0.2, -0.15) is 0 Å². The van der Waals surface area contributed by atoms with E-state index in [-0.39, 0.29) is 10.8 Å². The Morgan fingerprint density at radius 1 is 0.371 bits per heavy atom. The third-order valence-electron chi connectivity index (χ3n) is 14.4. The fourth-order valence-corrected chi connectivity index (χ4v) is 11.3. The van der Waals surface area contributed by atoms with Crippen molar-refractivity contribution in [2.24, 2.45) is 0 Å². The molecule has 294 valence electrons. The SMILES string of the molecule is CC1(C)c2ccccc2-c2ccc(N(c3ccc4c(c3)C(C)(C)c3ccccc3-4)c3cc4c(cc3-c3ccc5ccccc5c3)oc3c5ccccc5c5ccccc5c43)cc21. The van der Waals surface area contributed by atoms with Gasteiger partial charge in [-0.3, -0.25) is 0 Å². The number of furan rings is 1. The van der Waals surface area contributed by atoms with Crippen molar-refractivity contribution in [1.82, 2.24) is 0 Å². The van der Waals surface area contributed by atoms with Gasteiger partial charge in [-0.05, 0) is 119 Å². The third kappa shape index (κ3) is 4.81.